The maximum Gasteiger partial charge on any atom is 0.341 e. The van der Waals surface area contributed by atoms with Crippen molar-refractivity contribution in [3.05, 3.63) is 78.7 Å². The smallest absolute Gasteiger partial charge is 0.341 e. The average molecular weight is 470 g/mol. The second-order valence-electron chi connectivity index (χ2n) is 6.53. The third kappa shape index (κ3) is 2.33. The van der Waals surface area contributed by atoms with E-state index in [0.717, 1.165) is 0 Å². The van der Waals surface area contributed by atoms with E-state index in [1.807, 2.05) is 0 Å². The second-order valence-corrected chi connectivity index (χ2v) is 8.13. The number of fused-ring (bicyclic) bond motifs is 6. The van der Waals surface area contributed by atoms with Crippen LogP contribution in [0.25, 0.3) is 0 Å². The number of hydrogen-bond acceptors (Lipinski definition) is 5. The summed E-state index contributed by atoms with van der Waals surface area (Å²) in [4.78, 5) is 12.9. The summed E-state index contributed by atoms with van der Waals surface area (Å²) in [7, 11) is 0. The molecule has 0 saturated heterocycles. The van der Waals surface area contributed by atoms with E-state index in [1.165, 1.54) is 30.3 Å². The van der Waals surface area contributed by atoms with Crippen LogP contribution in [-0.4, -0.2) is 16.2 Å². The predicted molar refractivity (Wildman–Crippen MR) is 108 cm³/mol. The van der Waals surface area contributed by atoms with Crippen molar-refractivity contribution >= 4 is 52.4 Å². The Morgan fingerprint density at radius 3 is 2.31 bits per heavy atom. The third-order valence-electron chi connectivity index (χ3n) is 5.00. The summed E-state index contributed by atoms with van der Waals surface area (Å²) in [5.41, 5.74) is -0.541. The number of carbonyl (C=O) groups is 1. The number of carbonyl (C=O) groups excluding carboxylic acids is 1. The van der Waals surface area contributed by atoms with E-state index in [4.69, 9.17) is 55.9 Å². The van der Waals surface area contributed by atoms with Crippen LogP contribution in [0.5, 0.6) is 23.0 Å². The molecule has 0 aliphatic carbocycles. The minimum atomic E-state index is -1.59. The molecular formula is C20H8Cl4O5. The molecule has 5 rings (SSSR count). The van der Waals surface area contributed by atoms with Crippen LogP contribution in [0.1, 0.15) is 27.0 Å². The maximum atomic E-state index is 12.9. The predicted octanol–water partition coefficient (Wildman–Crippen LogP) is 6.28. The second kappa shape index (κ2) is 6.09. The fourth-order valence-corrected chi connectivity index (χ4v) is 4.69. The molecule has 0 radical (unpaired) electrons. The molecule has 9 heteroatoms. The Balaban J connectivity index is 1.99. The molecule has 0 saturated carbocycles. The Labute approximate surface area is 183 Å². The molecule has 3 aromatic carbocycles. The van der Waals surface area contributed by atoms with E-state index >= 15 is 0 Å². The summed E-state index contributed by atoms with van der Waals surface area (Å²) < 4.78 is 11.8. The number of halogens is 4. The molecule has 29 heavy (non-hydrogen) atoms. The van der Waals surface area contributed by atoms with Crippen LogP contribution in [0.15, 0.2) is 36.4 Å². The van der Waals surface area contributed by atoms with Gasteiger partial charge < -0.3 is 19.7 Å². The highest BCUT2D eigenvalue weighted by molar-refractivity contribution is 6.37. The molecule has 0 fully saturated rings. The Bertz CT molecular complexity index is 1250. The van der Waals surface area contributed by atoms with Gasteiger partial charge in [-0.2, -0.15) is 0 Å². The highest BCUT2D eigenvalue weighted by atomic mass is 35.5. The molecule has 0 amide bonds. The monoisotopic (exact) mass is 468 g/mol. The summed E-state index contributed by atoms with van der Waals surface area (Å²) in [6.45, 7) is 0. The van der Waals surface area contributed by atoms with Crippen molar-refractivity contribution in [2.75, 3.05) is 0 Å². The first-order chi connectivity index (χ1) is 13.8. The van der Waals surface area contributed by atoms with Gasteiger partial charge in [0.15, 0.2) is 11.4 Å². The number of ether oxygens (including phenoxy) is 2. The Morgan fingerprint density at radius 2 is 1.55 bits per heavy atom. The van der Waals surface area contributed by atoms with Gasteiger partial charge in [-0.3, -0.25) is 0 Å². The molecule has 2 aliphatic rings. The van der Waals surface area contributed by atoms with Crippen LogP contribution < -0.4 is 4.74 Å². The standard InChI is InChI=1S/C20H8Cl4O5/c21-9-2-3-10(22)16-15(9)19(27)29-20(16)7-1-4-12(25)17(24)18(7)28-14-6-13(26)11(23)5-8(14)20/h1-6,25-26H. The van der Waals surface area contributed by atoms with E-state index in [2.05, 4.69) is 0 Å². The summed E-state index contributed by atoms with van der Waals surface area (Å²) in [5.74, 6) is -0.994. The van der Waals surface area contributed by atoms with Crippen LogP contribution in [-0.2, 0) is 10.3 Å². The fourth-order valence-electron chi connectivity index (χ4n) is 3.80. The van der Waals surface area contributed by atoms with Gasteiger partial charge in [-0.15, -0.1) is 0 Å². The molecule has 1 atom stereocenters. The minimum Gasteiger partial charge on any atom is -0.506 e. The van der Waals surface area contributed by atoms with Gasteiger partial charge in [-0.25, -0.2) is 4.79 Å². The first-order valence-corrected chi connectivity index (χ1v) is 9.71. The lowest BCUT2D eigenvalue weighted by Crippen LogP contribution is -2.33. The van der Waals surface area contributed by atoms with Gasteiger partial charge in [0, 0.05) is 27.8 Å². The van der Waals surface area contributed by atoms with Crippen LogP contribution in [0.2, 0.25) is 20.1 Å². The number of esters is 1. The normalized spacial score (nSPS) is 18.7. The molecule has 2 heterocycles. The number of phenolic OH excluding ortho intramolecular Hbond substituents is 2. The fraction of sp³-hybridized carbons (Fsp3) is 0.0500. The summed E-state index contributed by atoms with van der Waals surface area (Å²) in [5, 5.41) is 20.4. The van der Waals surface area contributed by atoms with Gasteiger partial charge in [-0.1, -0.05) is 46.4 Å². The van der Waals surface area contributed by atoms with Crippen molar-refractivity contribution in [1.82, 2.24) is 0 Å². The summed E-state index contributed by atoms with van der Waals surface area (Å²) in [6.07, 6.45) is 0. The molecule has 3 aromatic rings. The highest BCUT2D eigenvalue weighted by Gasteiger charge is 2.56. The van der Waals surface area contributed by atoms with E-state index in [0.29, 0.717) is 16.7 Å². The van der Waals surface area contributed by atoms with Crippen molar-refractivity contribution in [3.8, 4) is 23.0 Å². The lowest BCUT2D eigenvalue weighted by atomic mass is 9.77. The van der Waals surface area contributed by atoms with E-state index in [1.54, 1.807) is 6.07 Å². The quantitative estimate of drug-likeness (QED) is 0.379. The molecular weight excluding hydrogens is 462 g/mol. The molecule has 2 aliphatic heterocycles. The van der Waals surface area contributed by atoms with Gasteiger partial charge >= 0.3 is 5.97 Å². The summed E-state index contributed by atoms with van der Waals surface area (Å²) >= 11 is 25.2. The van der Waals surface area contributed by atoms with Gasteiger partial charge in [0.25, 0.3) is 0 Å². The molecule has 146 valence electrons. The molecule has 0 aromatic heterocycles. The van der Waals surface area contributed by atoms with Crippen molar-refractivity contribution in [2.45, 2.75) is 5.60 Å². The van der Waals surface area contributed by atoms with Crippen molar-refractivity contribution < 1.29 is 24.5 Å². The van der Waals surface area contributed by atoms with E-state index in [-0.39, 0.29) is 48.7 Å². The van der Waals surface area contributed by atoms with Crippen molar-refractivity contribution in [1.29, 1.82) is 0 Å². The lowest BCUT2D eigenvalue weighted by molar-refractivity contribution is 0.0224. The molecule has 1 unspecified atom stereocenters. The van der Waals surface area contributed by atoms with Gasteiger partial charge in [0.2, 0.25) is 0 Å². The zero-order valence-corrected chi connectivity index (χ0v) is 17.1. The van der Waals surface area contributed by atoms with Crippen molar-refractivity contribution in [2.24, 2.45) is 0 Å². The number of phenols is 2. The Kier molecular flexibility index (Phi) is 3.93. The lowest BCUT2D eigenvalue weighted by Gasteiger charge is -2.37. The molecule has 2 N–H and O–H groups in total. The molecule has 1 spiro atoms. The molecule has 0 bridgehead atoms. The largest absolute Gasteiger partial charge is 0.506 e. The van der Waals surface area contributed by atoms with Crippen LogP contribution in [0.4, 0.5) is 0 Å². The summed E-state index contributed by atoms with van der Waals surface area (Å²) in [6, 6.07) is 8.61. The first-order valence-electron chi connectivity index (χ1n) is 8.20. The zero-order valence-electron chi connectivity index (χ0n) is 14.1. The highest BCUT2D eigenvalue weighted by Crippen LogP contribution is 2.61. The molecule has 5 nitrogen and oxygen atoms in total. The van der Waals surface area contributed by atoms with Gasteiger partial charge in [-0.05, 0) is 30.3 Å². The maximum absolute atomic E-state index is 12.9. The van der Waals surface area contributed by atoms with Crippen LogP contribution in [0, 0.1) is 0 Å². The van der Waals surface area contributed by atoms with Gasteiger partial charge in [0.05, 0.1) is 15.6 Å². The van der Waals surface area contributed by atoms with Crippen molar-refractivity contribution in [3.63, 3.8) is 0 Å². The first kappa shape index (κ1) is 18.7. The number of benzene rings is 3. The Hall–Kier alpha value is -2.31. The third-order valence-corrected chi connectivity index (χ3v) is 6.30. The topological polar surface area (TPSA) is 76.0 Å². The van der Waals surface area contributed by atoms with Crippen LogP contribution in [0.3, 0.4) is 0 Å². The number of rotatable bonds is 0. The average Bonchev–Trinajstić information content (AvgIpc) is 2.99. The van der Waals surface area contributed by atoms with E-state index in [9.17, 15) is 15.0 Å². The Morgan fingerprint density at radius 1 is 0.828 bits per heavy atom. The zero-order chi connectivity index (χ0) is 20.7. The van der Waals surface area contributed by atoms with Crippen LogP contribution >= 0.6 is 46.4 Å². The number of hydrogen-bond donors (Lipinski definition) is 2. The van der Waals surface area contributed by atoms with Gasteiger partial charge in [0.1, 0.15) is 22.3 Å². The minimum absolute atomic E-state index is 0.0164. The van der Waals surface area contributed by atoms with E-state index < -0.39 is 11.6 Å². The SMILES string of the molecule is O=C1OC2(c3cc(Cl)c(O)cc3Oc3c2ccc(O)c3Cl)c2c(Cl)ccc(Cl)c21. The number of aromatic hydroxyl groups is 2.